The van der Waals surface area contributed by atoms with E-state index in [1.807, 2.05) is 41.5 Å². The quantitative estimate of drug-likeness (QED) is 0.259. The Morgan fingerprint density at radius 3 is 2.12 bits per heavy atom. The third-order valence-corrected chi connectivity index (χ3v) is 7.81. The smallest absolute Gasteiger partial charge is 0.338 e. The van der Waals surface area contributed by atoms with Crippen LogP contribution in [-0.2, 0) is 4.74 Å². The number of carbonyl (C=O) groups excluding carboxylic acids is 1. The molecule has 1 fully saturated rings. The summed E-state index contributed by atoms with van der Waals surface area (Å²) < 4.78 is 14.5. The van der Waals surface area contributed by atoms with Crippen molar-refractivity contribution in [3.63, 3.8) is 0 Å². The summed E-state index contributed by atoms with van der Waals surface area (Å²) in [5.41, 5.74) is -0.978. The number of esters is 1. The molecule has 1 atom stereocenters. The third kappa shape index (κ3) is 8.47. The Balaban J connectivity index is 1.56. The van der Waals surface area contributed by atoms with Crippen molar-refractivity contribution < 1.29 is 19.4 Å². The number of nitrogens with zero attached hydrogens (tertiary/aromatic N) is 4. The van der Waals surface area contributed by atoms with Crippen LogP contribution < -0.4 is 20.9 Å². The number of anilines is 1. The number of β-amino-alcohol motifs (C(OH)–C–C–N with tert-alkyl or cyclic N) is 1. The number of ether oxygens (including phenoxy) is 2. The third-order valence-electron chi connectivity index (χ3n) is 7.81. The van der Waals surface area contributed by atoms with Crippen LogP contribution in [0.25, 0.3) is 0 Å². The Bertz CT molecular complexity index is 1270. The van der Waals surface area contributed by atoms with E-state index in [0.29, 0.717) is 56.5 Å². The summed E-state index contributed by atoms with van der Waals surface area (Å²) in [4.78, 5) is 42.5. The molecule has 0 bridgehead atoms. The van der Waals surface area contributed by atoms with E-state index in [-0.39, 0.29) is 29.3 Å². The molecule has 2 heterocycles. The molecule has 1 saturated heterocycles. The van der Waals surface area contributed by atoms with Gasteiger partial charge >= 0.3 is 11.7 Å². The van der Waals surface area contributed by atoms with E-state index in [4.69, 9.17) is 9.47 Å². The number of aliphatic hydroxyl groups is 1. The van der Waals surface area contributed by atoms with Crippen molar-refractivity contribution in [1.82, 2.24) is 14.0 Å². The number of piperazine rings is 1. The van der Waals surface area contributed by atoms with Crippen molar-refractivity contribution in [2.45, 2.75) is 97.9 Å². The molecule has 0 spiro atoms. The molecule has 1 N–H and O–H groups in total. The lowest BCUT2D eigenvalue weighted by atomic mass is 10.0. The van der Waals surface area contributed by atoms with Crippen LogP contribution >= 0.6 is 0 Å². The molecule has 2 aromatic rings. The normalized spacial score (nSPS) is 15.3. The second-order valence-electron chi connectivity index (χ2n) is 12.3. The summed E-state index contributed by atoms with van der Waals surface area (Å²) in [6, 6.07) is 8.08. The largest absolute Gasteiger partial charge is 0.485 e. The van der Waals surface area contributed by atoms with Gasteiger partial charge in [-0.25, -0.2) is 9.59 Å². The fraction of sp³-hybridized carbons (Fsp3) is 0.656. The summed E-state index contributed by atoms with van der Waals surface area (Å²) >= 11 is 0. The zero-order valence-electron chi connectivity index (χ0n) is 26.5. The fourth-order valence-electron chi connectivity index (χ4n) is 5.19. The molecule has 42 heavy (non-hydrogen) atoms. The maximum atomic E-state index is 13.2. The molecule has 1 unspecified atom stereocenters. The van der Waals surface area contributed by atoms with Gasteiger partial charge in [0.05, 0.1) is 12.2 Å². The summed E-state index contributed by atoms with van der Waals surface area (Å²) in [5.74, 6) is 0.860. The minimum Gasteiger partial charge on any atom is -0.485 e. The highest BCUT2D eigenvalue weighted by Crippen LogP contribution is 2.24. The first-order valence-corrected chi connectivity index (χ1v) is 15.3. The second-order valence-corrected chi connectivity index (χ2v) is 12.3. The number of hydrogen-bond acceptors (Lipinski definition) is 8. The van der Waals surface area contributed by atoms with Crippen LogP contribution in [0.5, 0.6) is 5.75 Å². The van der Waals surface area contributed by atoms with E-state index in [2.05, 4.69) is 16.7 Å². The summed E-state index contributed by atoms with van der Waals surface area (Å²) in [5, 5.41) is 11.1. The highest BCUT2D eigenvalue weighted by atomic mass is 16.5. The SMILES string of the molecule is CCCCCCOC(=O)c1ccc(OC(C)(C)C(O)CN2CCN(c3cc(=O)n(C(C)C)c(=O)n3C(C)C)CC2)cc1. The number of hydrogen-bond donors (Lipinski definition) is 1. The molecule has 1 aromatic carbocycles. The molecule has 0 radical (unpaired) electrons. The topological polar surface area (TPSA) is 106 Å². The average Bonchev–Trinajstić information content (AvgIpc) is 2.92. The van der Waals surface area contributed by atoms with Crippen LogP contribution in [0.1, 0.15) is 96.6 Å². The zero-order valence-corrected chi connectivity index (χ0v) is 26.5. The predicted octanol–water partition coefficient (Wildman–Crippen LogP) is 4.25. The van der Waals surface area contributed by atoms with Gasteiger partial charge in [0, 0.05) is 50.9 Å². The zero-order chi connectivity index (χ0) is 31.0. The first kappa shape index (κ1) is 33.4. The van der Waals surface area contributed by atoms with Crippen LogP contribution in [0.2, 0.25) is 0 Å². The fourth-order valence-corrected chi connectivity index (χ4v) is 5.19. The average molecular weight is 587 g/mol. The molecule has 1 aliphatic rings. The Labute approximate surface area is 249 Å². The number of rotatable bonds is 14. The van der Waals surface area contributed by atoms with Crippen LogP contribution in [0.15, 0.2) is 39.9 Å². The van der Waals surface area contributed by atoms with E-state index in [0.717, 1.165) is 25.7 Å². The lowest BCUT2D eigenvalue weighted by Gasteiger charge is -2.40. The molecule has 0 amide bonds. The number of unbranched alkanes of at least 4 members (excludes halogenated alkanes) is 3. The van der Waals surface area contributed by atoms with E-state index in [9.17, 15) is 19.5 Å². The van der Waals surface area contributed by atoms with Crippen molar-refractivity contribution in [2.24, 2.45) is 0 Å². The molecule has 10 heteroatoms. The van der Waals surface area contributed by atoms with Crippen LogP contribution in [0, 0.1) is 0 Å². The van der Waals surface area contributed by atoms with Crippen molar-refractivity contribution in [3.8, 4) is 5.75 Å². The van der Waals surface area contributed by atoms with Gasteiger partial charge in [-0.15, -0.1) is 0 Å². The minimum atomic E-state index is -0.877. The van der Waals surface area contributed by atoms with Gasteiger partial charge in [0.2, 0.25) is 0 Å². The van der Waals surface area contributed by atoms with E-state index < -0.39 is 11.7 Å². The summed E-state index contributed by atoms with van der Waals surface area (Å²) in [6.45, 7) is 16.8. The van der Waals surface area contributed by atoms with E-state index >= 15 is 0 Å². The van der Waals surface area contributed by atoms with Gasteiger partial charge in [-0.3, -0.25) is 18.8 Å². The lowest BCUT2D eigenvalue weighted by Crippen LogP contribution is -2.54. The first-order chi connectivity index (χ1) is 19.9. The highest BCUT2D eigenvalue weighted by Gasteiger charge is 2.33. The van der Waals surface area contributed by atoms with Gasteiger partial charge in [0.1, 0.15) is 23.3 Å². The Hall–Kier alpha value is -3.11. The van der Waals surface area contributed by atoms with Gasteiger partial charge < -0.3 is 19.5 Å². The van der Waals surface area contributed by atoms with Crippen LogP contribution in [0.3, 0.4) is 0 Å². The Morgan fingerprint density at radius 1 is 0.929 bits per heavy atom. The minimum absolute atomic E-state index is 0.0915. The molecule has 1 aromatic heterocycles. The molecule has 0 saturated carbocycles. The lowest BCUT2D eigenvalue weighted by molar-refractivity contribution is -0.0449. The van der Waals surface area contributed by atoms with Crippen LogP contribution in [0.4, 0.5) is 5.82 Å². The molecule has 10 nitrogen and oxygen atoms in total. The molecule has 1 aliphatic heterocycles. The summed E-state index contributed by atoms with van der Waals surface area (Å²) in [6.07, 6.45) is 3.42. The molecular formula is C32H50N4O6. The summed E-state index contributed by atoms with van der Waals surface area (Å²) in [7, 11) is 0. The Morgan fingerprint density at radius 2 is 1.55 bits per heavy atom. The van der Waals surface area contributed by atoms with Crippen LogP contribution in [-0.4, -0.2) is 76.1 Å². The first-order valence-electron chi connectivity index (χ1n) is 15.3. The highest BCUT2D eigenvalue weighted by molar-refractivity contribution is 5.89. The second kappa shape index (κ2) is 14.9. The molecule has 3 rings (SSSR count). The van der Waals surface area contributed by atoms with Gasteiger partial charge in [-0.05, 0) is 72.2 Å². The van der Waals surface area contributed by atoms with Crippen molar-refractivity contribution >= 4 is 11.8 Å². The number of carbonyl (C=O) groups is 1. The molecule has 0 aliphatic carbocycles. The number of aromatic nitrogens is 2. The Kier molecular flexibility index (Phi) is 11.8. The predicted molar refractivity (Wildman–Crippen MR) is 166 cm³/mol. The van der Waals surface area contributed by atoms with Gasteiger partial charge in [0.25, 0.3) is 5.56 Å². The van der Waals surface area contributed by atoms with Crippen molar-refractivity contribution in [2.75, 3.05) is 44.2 Å². The number of aliphatic hydroxyl groups excluding tert-OH is 1. The molecule has 234 valence electrons. The maximum absolute atomic E-state index is 13.2. The van der Waals surface area contributed by atoms with Gasteiger partial charge in [-0.1, -0.05) is 26.2 Å². The van der Waals surface area contributed by atoms with Gasteiger partial charge in [0.15, 0.2) is 0 Å². The van der Waals surface area contributed by atoms with Crippen molar-refractivity contribution in [1.29, 1.82) is 0 Å². The molecular weight excluding hydrogens is 536 g/mol. The maximum Gasteiger partial charge on any atom is 0.338 e. The number of benzene rings is 1. The van der Waals surface area contributed by atoms with Crippen molar-refractivity contribution in [3.05, 3.63) is 56.7 Å². The standard InChI is InChI=1S/C32H50N4O6/c1-8-9-10-11-20-41-30(39)25-12-14-26(15-13-25)42-32(6,7)27(37)22-33-16-18-34(19-17-33)28-21-29(38)36(24(4)5)31(40)35(28)23(2)3/h12-15,21,23-24,27,37H,8-11,16-20,22H2,1-7H3. The van der Waals surface area contributed by atoms with E-state index in [1.165, 1.54) is 4.57 Å². The monoisotopic (exact) mass is 586 g/mol. The van der Waals surface area contributed by atoms with Gasteiger partial charge in [-0.2, -0.15) is 0 Å². The van der Waals surface area contributed by atoms with E-state index in [1.54, 1.807) is 34.9 Å².